The van der Waals surface area contributed by atoms with Crippen LogP contribution >= 0.6 is 0 Å². The van der Waals surface area contributed by atoms with Gasteiger partial charge in [-0.1, -0.05) is 46.3 Å². The van der Waals surface area contributed by atoms with Crippen molar-refractivity contribution in [3.63, 3.8) is 0 Å². The van der Waals surface area contributed by atoms with Crippen molar-refractivity contribution >= 4 is 17.9 Å². The lowest BCUT2D eigenvalue weighted by Crippen LogP contribution is -2.71. The van der Waals surface area contributed by atoms with Gasteiger partial charge in [0.05, 0.1) is 56.8 Å². The summed E-state index contributed by atoms with van der Waals surface area (Å²) in [5, 5.41) is 167. The summed E-state index contributed by atoms with van der Waals surface area (Å²) >= 11 is 0. The Balaban J connectivity index is 0.897. The first kappa shape index (κ1) is 68.1. The molecule has 0 aromatic heterocycles. The van der Waals surface area contributed by atoms with Crippen molar-refractivity contribution in [2.24, 2.45) is 50.2 Å². The number of carboxylic acid groups (broad SMARTS) is 1. The second-order valence-corrected chi connectivity index (χ2v) is 28.5. The van der Waals surface area contributed by atoms with Crippen LogP contribution in [-0.2, 0) is 66.5 Å². The Labute approximate surface area is 508 Å². The summed E-state index contributed by atoms with van der Waals surface area (Å²) in [6.45, 7) is 10.9. The topological polar surface area (TPSA) is 456 Å². The largest absolute Gasteiger partial charge is 0.481 e. The van der Waals surface area contributed by atoms with Gasteiger partial charge >= 0.3 is 17.9 Å². The summed E-state index contributed by atoms with van der Waals surface area (Å²) < 4.78 is 64.4. The molecule has 0 aromatic rings. The van der Waals surface area contributed by atoms with Crippen LogP contribution < -0.4 is 0 Å². The Morgan fingerprint density at radius 3 is 1.89 bits per heavy atom. The van der Waals surface area contributed by atoms with E-state index in [2.05, 4.69) is 33.8 Å². The van der Waals surface area contributed by atoms with E-state index < -0.39 is 237 Å². The third-order valence-corrected chi connectivity index (χ3v) is 22.8. The molecule has 0 bridgehead atoms. The van der Waals surface area contributed by atoms with Crippen LogP contribution in [0.25, 0.3) is 0 Å². The number of hydrogen-bond donors (Lipinski definition) is 15. The molecule has 5 heterocycles. The summed E-state index contributed by atoms with van der Waals surface area (Å²) in [5.41, 5.74) is -7.70. The van der Waals surface area contributed by atoms with Crippen LogP contribution in [0, 0.1) is 50.2 Å². The van der Waals surface area contributed by atoms with Crippen molar-refractivity contribution in [3.8, 4) is 0 Å². The fraction of sp³-hybridized carbons (Fsp3) is 0.915. The van der Waals surface area contributed by atoms with Crippen molar-refractivity contribution in [2.45, 2.75) is 254 Å². The number of ether oxygens (including phenoxy) is 11. The van der Waals surface area contributed by atoms with Gasteiger partial charge in [0.15, 0.2) is 37.4 Å². The lowest BCUT2D eigenvalue weighted by molar-refractivity contribution is -0.365. The summed E-state index contributed by atoms with van der Waals surface area (Å²) in [4.78, 5) is 41.8. The minimum absolute atomic E-state index is 0.00783. The number of aliphatic hydroxyl groups is 14. The van der Waals surface area contributed by atoms with Crippen molar-refractivity contribution < 1.29 is 143 Å². The fourth-order valence-electron chi connectivity index (χ4n) is 17.6. The minimum atomic E-state index is -2.14. The predicted octanol–water partition coefficient (Wildman–Crippen LogP) is -3.69. The molecule has 32 atom stereocenters. The number of esters is 2. The Bertz CT molecular complexity index is 2580. The van der Waals surface area contributed by atoms with Gasteiger partial charge in [0, 0.05) is 6.92 Å². The highest BCUT2D eigenvalue weighted by molar-refractivity contribution is 5.80. The summed E-state index contributed by atoms with van der Waals surface area (Å²) in [5.74, 6) is -4.75. The first-order valence-electron chi connectivity index (χ1n) is 30.6. The van der Waals surface area contributed by atoms with E-state index in [1.54, 1.807) is 0 Å². The summed E-state index contributed by atoms with van der Waals surface area (Å²) in [6.07, 6.45) is -34.1. The van der Waals surface area contributed by atoms with Gasteiger partial charge in [0.2, 0.25) is 6.29 Å². The number of carboxylic acids is 1. The molecule has 5 saturated heterocycles. The molecule has 10 aliphatic rings. The number of allylic oxidation sites excluding steroid dienone is 2. The second kappa shape index (κ2) is 24.5. The third kappa shape index (κ3) is 11.0. The number of carbonyl (C=O) groups is 3. The van der Waals surface area contributed by atoms with E-state index in [1.165, 1.54) is 13.8 Å². The van der Waals surface area contributed by atoms with Gasteiger partial charge < -0.3 is 129 Å². The maximum atomic E-state index is 15.5. The van der Waals surface area contributed by atoms with Crippen molar-refractivity contribution in [3.05, 3.63) is 11.6 Å². The number of aliphatic hydroxyl groups excluding tert-OH is 13. The second-order valence-electron chi connectivity index (χ2n) is 28.5. The van der Waals surface area contributed by atoms with Gasteiger partial charge in [-0.25, -0.2) is 0 Å². The Morgan fingerprint density at radius 1 is 0.625 bits per heavy atom. The molecule has 15 N–H and O–H groups in total. The molecule has 502 valence electrons. The summed E-state index contributed by atoms with van der Waals surface area (Å²) in [7, 11) is 0. The monoisotopic (exact) mass is 1260 g/mol. The van der Waals surface area contributed by atoms with Gasteiger partial charge in [0.25, 0.3) is 0 Å². The van der Waals surface area contributed by atoms with Gasteiger partial charge in [-0.2, -0.15) is 0 Å². The van der Waals surface area contributed by atoms with Crippen molar-refractivity contribution in [1.29, 1.82) is 0 Å². The van der Waals surface area contributed by atoms with Crippen LogP contribution in [0.2, 0.25) is 0 Å². The Kier molecular flexibility index (Phi) is 19.0. The van der Waals surface area contributed by atoms with E-state index in [0.29, 0.717) is 25.7 Å². The fourth-order valence-corrected chi connectivity index (χ4v) is 17.6. The zero-order valence-corrected chi connectivity index (χ0v) is 50.7. The van der Waals surface area contributed by atoms with Gasteiger partial charge in [-0.15, -0.1) is 0 Å². The van der Waals surface area contributed by atoms with Crippen LogP contribution in [0.5, 0.6) is 0 Å². The Hall–Kier alpha value is -2.77. The molecule has 0 aromatic carbocycles. The maximum Gasteiger partial charge on any atom is 0.317 e. The maximum absolute atomic E-state index is 15.5. The van der Waals surface area contributed by atoms with Crippen LogP contribution in [-0.4, -0.2) is 274 Å². The van der Waals surface area contributed by atoms with Crippen LogP contribution in [0.4, 0.5) is 0 Å². The highest BCUT2D eigenvalue weighted by Crippen LogP contribution is 2.76. The van der Waals surface area contributed by atoms with E-state index in [9.17, 15) is 86.2 Å². The lowest BCUT2D eigenvalue weighted by Gasteiger charge is -2.71. The zero-order chi connectivity index (χ0) is 64.5. The van der Waals surface area contributed by atoms with E-state index in [1.807, 2.05) is 6.92 Å². The molecule has 5 aliphatic heterocycles. The van der Waals surface area contributed by atoms with E-state index in [4.69, 9.17) is 52.1 Å². The average molecular weight is 1270 g/mol. The number of hydrogen-bond acceptors (Lipinski definition) is 28. The molecule has 0 radical (unpaired) electrons. The SMILES string of the molecule is CC(=O)O[C@@H]1[C@H](O[C@@H]2OC[C@](O)(CO)[C@H]2O)[C@@H](O)[C@H](O[C@@H]2[C@@H](OC(=O)[C@]34CCC(C)(C)C[C@H]3C3=CC[C@@H]5[C@@]6(C)C[C@H](O)[C@H](O[C@@H]7O[C@H](CO)[C@@H](O[C@@H]8OC[C@@H](O)[C@H](O)[C@H]8O)[C@@H](O)[C@H]7O)[C@@](C)(C(=O)O)[C@@H]6CC[C@@]5(C)[C@]3(C)C[C@H]4O)OC[C@H](O)[C@@H]2O)O[C@H]1C. The van der Waals surface area contributed by atoms with E-state index in [-0.39, 0.29) is 37.0 Å². The first-order chi connectivity index (χ1) is 41.1. The van der Waals surface area contributed by atoms with Crippen molar-refractivity contribution in [1.82, 2.24) is 0 Å². The predicted molar refractivity (Wildman–Crippen MR) is 290 cm³/mol. The molecule has 88 heavy (non-hydrogen) atoms. The standard InChI is InChI=1S/C59H92O29/c1-23-40(82-24(2)62)42(85-50-44(73)58(77,21-61)22-80-50)39(72)48(81-23)86-43-35(68)29(65)20-79-49(43)88-52(76)59-14-13-53(3,4)15-26(59)25-9-10-31-54(5)16-27(63)45(57(8,51(74)75)32(54)11-12-55(31,6)56(25,7)17-33(59)66)87-47-38(71)36(69)41(30(18-60)83-47)84-46-37(70)34(67)28(64)19-78-46/h9,23,26-50,60-61,63-73,77H,10-22H2,1-8H3,(H,74,75)/t23-,26-,27-,28+,29-,30+,31+,32+,33+,34-,35-,36-,37+,38+,39+,40-,41+,42+,43-,44-,45-,46-,47-,48-,49+,50-,54+,55+,56+,57-,58+,59+/m0/s1. The van der Waals surface area contributed by atoms with E-state index >= 15 is 4.79 Å². The average Bonchev–Trinajstić information content (AvgIpc) is 0.722. The molecule has 0 amide bonds. The third-order valence-electron chi connectivity index (χ3n) is 22.8. The van der Waals surface area contributed by atoms with Gasteiger partial charge in [-0.05, 0) is 105 Å². The number of carbonyl (C=O) groups excluding carboxylic acids is 2. The summed E-state index contributed by atoms with van der Waals surface area (Å²) in [6, 6.07) is 0. The molecule has 0 spiro atoms. The number of aliphatic carboxylic acids is 1. The Morgan fingerprint density at radius 2 is 1.25 bits per heavy atom. The first-order valence-corrected chi connectivity index (χ1v) is 30.6. The molecule has 9 fully saturated rings. The molecule has 29 heteroatoms. The lowest BCUT2D eigenvalue weighted by atomic mass is 9.33. The molecule has 29 nitrogen and oxygen atoms in total. The quantitative estimate of drug-likeness (QED) is 0.0452. The van der Waals surface area contributed by atoms with Crippen LogP contribution in [0.3, 0.4) is 0 Å². The normalized spacial score (nSPS) is 53.5. The highest BCUT2D eigenvalue weighted by atomic mass is 16.8. The smallest absolute Gasteiger partial charge is 0.317 e. The molecule has 4 saturated carbocycles. The molecule has 10 rings (SSSR count). The van der Waals surface area contributed by atoms with Crippen molar-refractivity contribution in [2.75, 3.05) is 33.0 Å². The number of rotatable bonds is 14. The molecular weight excluding hydrogens is 1170 g/mol. The number of fused-ring (bicyclic) bond motifs is 7. The molecule has 5 aliphatic carbocycles. The highest BCUT2D eigenvalue weighted by Gasteiger charge is 2.74. The minimum Gasteiger partial charge on any atom is -0.481 e. The van der Waals surface area contributed by atoms with E-state index in [0.717, 1.165) is 12.5 Å². The van der Waals surface area contributed by atoms with Gasteiger partial charge in [0.1, 0.15) is 90.4 Å². The molecular formula is C59H92O29. The van der Waals surface area contributed by atoms with Crippen LogP contribution in [0.15, 0.2) is 11.6 Å². The van der Waals surface area contributed by atoms with Crippen LogP contribution in [0.1, 0.15) is 107 Å². The van der Waals surface area contributed by atoms with Gasteiger partial charge in [-0.3, -0.25) is 14.4 Å². The zero-order valence-electron chi connectivity index (χ0n) is 50.7. The molecule has 0 unspecified atom stereocenters.